The van der Waals surface area contributed by atoms with Gasteiger partial charge in [0.1, 0.15) is 0 Å². The summed E-state index contributed by atoms with van der Waals surface area (Å²) in [7, 11) is 0.632. The van der Waals surface area contributed by atoms with Gasteiger partial charge in [-0.1, -0.05) is 0 Å². The van der Waals surface area contributed by atoms with E-state index in [0.717, 1.165) is 19.1 Å². The van der Waals surface area contributed by atoms with E-state index < -0.39 is 0 Å². The van der Waals surface area contributed by atoms with Gasteiger partial charge in [0, 0.05) is 6.54 Å². The van der Waals surface area contributed by atoms with Crippen LogP contribution in [0.4, 0.5) is 4.79 Å². The molecule has 0 saturated carbocycles. The van der Waals surface area contributed by atoms with E-state index in [2.05, 4.69) is 0 Å². The van der Waals surface area contributed by atoms with Crippen LogP contribution in [0.1, 0.15) is 12.8 Å². The van der Waals surface area contributed by atoms with Gasteiger partial charge >= 0.3 is 6.03 Å². The molecule has 4 heteroatoms. The number of primary amides is 1. The minimum Gasteiger partial charge on any atom is -0.351 e. The van der Waals surface area contributed by atoms with Crippen LogP contribution in [-0.2, 0) is 0 Å². The van der Waals surface area contributed by atoms with Crippen molar-refractivity contribution in [2.75, 3.05) is 12.7 Å². The SMILES string of the molecule is NC(=O)N1CCCCP1. The van der Waals surface area contributed by atoms with Gasteiger partial charge in [0.2, 0.25) is 0 Å². The summed E-state index contributed by atoms with van der Waals surface area (Å²) in [4.78, 5) is 10.5. The summed E-state index contributed by atoms with van der Waals surface area (Å²) in [5.74, 6) is 0. The number of nitrogens with two attached hydrogens (primary N) is 1. The molecule has 52 valence electrons. The molecule has 2 N–H and O–H groups in total. The Morgan fingerprint density at radius 1 is 1.56 bits per heavy atom. The Kier molecular flexibility index (Phi) is 2.29. The van der Waals surface area contributed by atoms with Gasteiger partial charge in [-0.25, -0.2) is 4.79 Å². The second kappa shape index (κ2) is 3.02. The highest BCUT2D eigenvalue weighted by molar-refractivity contribution is 7.36. The fourth-order valence-corrected chi connectivity index (χ4v) is 2.03. The van der Waals surface area contributed by atoms with E-state index in [4.69, 9.17) is 5.73 Å². The maximum absolute atomic E-state index is 10.5. The summed E-state index contributed by atoms with van der Waals surface area (Å²) in [6.45, 7) is 0.869. The summed E-state index contributed by atoms with van der Waals surface area (Å²) in [6, 6.07) is -0.256. The Morgan fingerprint density at radius 3 is 2.67 bits per heavy atom. The molecule has 3 nitrogen and oxygen atoms in total. The molecule has 1 rings (SSSR count). The molecule has 0 bridgehead atoms. The zero-order valence-electron chi connectivity index (χ0n) is 5.26. The van der Waals surface area contributed by atoms with Crippen molar-refractivity contribution in [2.24, 2.45) is 5.73 Å². The smallest absolute Gasteiger partial charge is 0.317 e. The molecule has 0 radical (unpaired) electrons. The lowest BCUT2D eigenvalue weighted by Gasteiger charge is -2.23. The highest BCUT2D eigenvalue weighted by Gasteiger charge is 2.11. The fourth-order valence-electron chi connectivity index (χ4n) is 0.876. The van der Waals surface area contributed by atoms with Gasteiger partial charge in [-0.05, 0) is 27.7 Å². The fraction of sp³-hybridized carbons (Fsp3) is 0.800. The molecule has 1 saturated heterocycles. The van der Waals surface area contributed by atoms with Crippen molar-refractivity contribution in [3.8, 4) is 0 Å². The van der Waals surface area contributed by atoms with Crippen LogP contribution in [0, 0.1) is 0 Å². The Hall–Kier alpha value is -0.300. The van der Waals surface area contributed by atoms with E-state index >= 15 is 0 Å². The van der Waals surface area contributed by atoms with Crippen LogP contribution in [0.5, 0.6) is 0 Å². The number of amides is 2. The average Bonchev–Trinajstić information content (AvgIpc) is 1.90. The Labute approximate surface area is 56.4 Å². The number of carbonyl (C=O) groups excluding carboxylic acids is 1. The highest BCUT2D eigenvalue weighted by atomic mass is 31.1. The van der Waals surface area contributed by atoms with Crippen LogP contribution in [0.15, 0.2) is 0 Å². The first-order chi connectivity index (χ1) is 4.30. The van der Waals surface area contributed by atoms with Crippen molar-refractivity contribution < 1.29 is 4.79 Å². The maximum Gasteiger partial charge on any atom is 0.317 e. The van der Waals surface area contributed by atoms with Crippen molar-refractivity contribution >= 4 is 14.8 Å². The van der Waals surface area contributed by atoms with Gasteiger partial charge in [-0.15, -0.1) is 0 Å². The van der Waals surface area contributed by atoms with Crippen molar-refractivity contribution in [3.05, 3.63) is 0 Å². The minimum atomic E-state index is -0.256. The van der Waals surface area contributed by atoms with Gasteiger partial charge in [0.15, 0.2) is 0 Å². The van der Waals surface area contributed by atoms with Crippen LogP contribution in [0.2, 0.25) is 0 Å². The van der Waals surface area contributed by atoms with Crippen LogP contribution in [0.3, 0.4) is 0 Å². The van der Waals surface area contributed by atoms with Gasteiger partial charge in [0.25, 0.3) is 0 Å². The lowest BCUT2D eigenvalue weighted by atomic mass is 10.3. The van der Waals surface area contributed by atoms with Crippen LogP contribution in [0.25, 0.3) is 0 Å². The summed E-state index contributed by atoms with van der Waals surface area (Å²) < 4.78 is 1.73. The standard InChI is InChI=1S/C5H11N2OP/c6-5(8)7-3-1-2-4-9-7/h9H,1-4H2,(H2,6,8). The number of carbonyl (C=O) groups is 1. The Balaban J connectivity index is 2.31. The summed E-state index contributed by atoms with van der Waals surface area (Å²) >= 11 is 0. The zero-order valence-corrected chi connectivity index (χ0v) is 6.26. The molecule has 1 unspecified atom stereocenters. The molecule has 0 aromatic heterocycles. The van der Waals surface area contributed by atoms with Gasteiger partial charge in [0.05, 0.1) is 0 Å². The molecular weight excluding hydrogens is 135 g/mol. The van der Waals surface area contributed by atoms with Crippen molar-refractivity contribution in [2.45, 2.75) is 12.8 Å². The normalized spacial score (nSPS) is 22.4. The molecule has 9 heavy (non-hydrogen) atoms. The monoisotopic (exact) mass is 146 g/mol. The number of rotatable bonds is 0. The van der Waals surface area contributed by atoms with Gasteiger partial charge in [-0.3, -0.25) is 0 Å². The maximum atomic E-state index is 10.5. The molecule has 0 aromatic carbocycles. The number of hydrogen-bond acceptors (Lipinski definition) is 1. The van der Waals surface area contributed by atoms with E-state index in [1.54, 1.807) is 4.67 Å². The molecule has 2 amide bonds. The van der Waals surface area contributed by atoms with E-state index in [0.29, 0.717) is 8.73 Å². The third kappa shape index (κ3) is 1.83. The highest BCUT2D eigenvalue weighted by Crippen LogP contribution is 2.24. The molecule has 0 spiro atoms. The zero-order chi connectivity index (χ0) is 6.69. The first-order valence-corrected chi connectivity index (χ1v) is 4.26. The van der Waals surface area contributed by atoms with Crippen molar-refractivity contribution in [3.63, 3.8) is 0 Å². The molecule has 1 fully saturated rings. The molecule has 0 aromatic rings. The topological polar surface area (TPSA) is 46.3 Å². The largest absolute Gasteiger partial charge is 0.351 e. The van der Waals surface area contributed by atoms with Crippen molar-refractivity contribution in [1.29, 1.82) is 0 Å². The predicted molar refractivity (Wildman–Crippen MR) is 38.7 cm³/mol. The molecule has 1 aliphatic rings. The van der Waals surface area contributed by atoms with E-state index in [1.807, 2.05) is 0 Å². The first-order valence-electron chi connectivity index (χ1n) is 3.11. The van der Waals surface area contributed by atoms with Gasteiger partial charge < -0.3 is 10.4 Å². The molecular formula is C5H11N2OP. The number of nitrogens with zero attached hydrogens (tertiary/aromatic N) is 1. The van der Waals surface area contributed by atoms with Crippen LogP contribution in [-0.4, -0.2) is 23.4 Å². The summed E-state index contributed by atoms with van der Waals surface area (Å²) in [6.07, 6.45) is 3.51. The average molecular weight is 146 g/mol. The number of urea groups is 1. The molecule has 1 aliphatic heterocycles. The molecule has 0 aliphatic carbocycles. The summed E-state index contributed by atoms with van der Waals surface area (Å²) in [5.41, 5.74) is 5.06. The second-order valence-electron chi connectivity index (χ2n) is 2.11. The Bertz CT molecular complexity index is 112. The van der Waals surface area contributed by atoms with Crippen LogP contribution < -0.4 is 5.73 Å². The first kappa shape index (κ1) is 6.81. The predicted octanol–water partition coefficient (Wildman–Crippen LogP) is 0.754. The lowest BCUT2D eigenvalue weighted by molar-refractivity contribution is 0.232. The second-order valence-corrected chi connectivity index (χ2v) is 3.46. The Morgan fingerprint density at radius 2 is 2.33 bits per heavy atom. The van der Waals surface area contributed by atoms with Gasteiger partial charge in [-0.2, -0.15) is 0 Å². The molecule has 1 atom stereocenters. The van der Waals surface area contributed by atoms with Crippen molar-refractivity contribution in [1.82, 2.24) is 4.67 Å². The third-order valence-corrected chi connectivity index (χ3v) is 2.78. The van der Waals surface area contributed by atoms with E-state index in [9.17, 15) is 4.79 Å². The summed E-state index contributed by atoms with van der Waals surface area (Å²) in [5, 5.41) is 0. The van der Waals surface area contributed by atoms with E-state index in [1.165, 1.54) is 6.42 Å². The van der Waals surface area contributed by atoms with Crippen LogP contribution >= 0.6 is 8.73 Å². The minimum absolute atomic E-state index is 0.256. The lowest BCUT2D eigenvalue weighted by Crippen LogP contribution is -2.31. The van der Waals surface area contributed by atoms with E-state index in [-0.39, 0.29) is 6.03 Å². The number of hydrogen-bond donors (Lipinski definition) is 1. The quantitative estimate of drug-likeness (QED) is 0.504. The molecule has 1 heterocycles. The third-order valence-electron chi connectivity index (χ3n) is 1.38.